The molecule has 0 aromatic rings. The Morgan fingerprint density at radius 3 is 2.35 bits per heavy atom. The molecule has 148 valence electrons. The molecule has 1 aliphatic carbocycles. The third-order valence-electron chi connectivity index (χ3n) is 6.93. The molecule has 26 heavy (non-hydrogen) atoms. The summed E-state index contributed by atoms with van der Waals surface area (Å²) in [5, 5.41) is 0. The van der Waals surface area contributed by atoms with Crippen LogP contribution in [0.5, 0.6) is 0 Å². The molecule has 5 nitrogen and oxygen atoms in total. The first-order valence-corrected chi connectivity index (χ1v) is 10.8. The molecular weight excluding hydrogens is 326 g/mol. The highest BCUT2D eigenvalue weighted by molar-refractivity contribution is 5.79. The number of hydrogen-bond acceptors (Lipinski definition) is 3. The highest BCUT2D eigenvalue weighted by Crippen LogP contribution is 2.29. The van der Waals surface area contributed by atoms with E-state index in [0.29, 0.717) is 30.2 Å². The Kier molecular flexibility index (Phi) is 6.96. The summed E-state index contributed by atoms with van der Waals surface area (Å²) in [4.78, 5) is 31.7. The number of carbonyl (C=O) groups excluding carboxylic acids is 2. The van der Waals surface area contributed by atoms with E-state index in [4.69, 9.17) is 0 Å². The van der Waals surface area contributed by atoms with Crippen molar-refractivity contribution in [1.29, 1.82) is 0 Å². The minimum atomic E-state index is 0.283. The van der Waals surface area contributed by atoms with Gasteiger partial charge in [0.2, 0.25) is 11.8 Å². The van der Waals surface area contributed by atoms with Gasteiger partial charge >= 0.3 is 0 Å². The molecule has 1 atom stereocenters. The van der Waals surface area contributed by atoms with Crippen LogP contribution in [0.4, 0.5) is 0 Å². The van der Waals surface area contributed by atoms with Gasteiger partial charge in [0.15, 0.2) is 0 Å². The van der Waals surface area contributed by atoms with Crippen molar-refractivity contribution in [2.45, 2.75) is 70.3 Å². The summed E-state index contributed by atoms with van der Waals surface area (Å²) in [6.45, 7) is 3.97. The number of amides is 2. The van der Waals surface area contributed by atoms with Crippen molar-refractivity contribution in [3.63, 3.8) is 0 Å². The van der Waals surface area contributed by atoms with Gasteiger partial charge in [-0.05, 0) is 71.0 Å². The predicted octanol–water partition coefficient (Wildman–Crippen LogP) is 2.75. The van der Waals surface area contributed by atoms with Crippen LogP contribution in [0.3, 0.4) is 0 Å². The standard InChI is InChI=1S/C21H37N3O2/c1-22-14-11-19(12-15-22)23(2)20(25)10-9-17-6-5-13-24(16-17)21(26)18-7-3-4-8-18/h17-19H,3-16H2,1-2H3/t17-/m1/s1. The van der Waals surface area contributed by atoms with E-state index in [2.05, 4.69) is 16.8 Å². The van der Waals surface area contributed by atoms with Crippen LogP contribution >= 0.6 is 0 Å². The minimum absolute atomic E-state index is 0.283. The lowest BCUT2D eigenvalue weighted by molar-refractivity contribution is -0.137. The molecule has 2 heterocycles. The zero-order valence-corrected chi connectivity index (χ0v) is 16.8. The number of rotatable bonds is 5. The molecule has 5 heteroatoms. The van der Waals surface area contributed by atoms with E-state index in [9.17, 15) is 9.59 Å². The second-order valence-electron chi connectivity index (χ2n) is 8.85. The minimum Gasteiger partial charge on any atom is -0.343 e. The van der Waals surface area contributed by atoms with Crippen LogP contribution in [-0.2, 0) is 9.59 Å². The Morgan fingerprint density at radius 1 is 0.962 bits per heavy atom. The Hall–Kier alpha value is -1.10. The SMILES string of the molecule is CN1CCC(N(C)C(=O)CC[C@H]2CCCN(C(=O)C3CCCC3)C2)CC1. The van der Waals surface area contributed by atoms with Gasteiger partial charge < -0.3 is 14.7 Å². The average Bonchev–Trinajstić information content (AvgIpc) is 3.20. The fourth-order valence-corrected chi connectivity index (χ4v) is 5.02. The van der Waals surface area contributed by atoms with E-state index >= 15 is 0 Å². The summed E-state index contributed by atoms with van der Waals surface area (Å²) < 4.78 is 0. The number of piperidine rings is 2. The van der Waals surface area contributed by atoms with Gasteiger partial charge in [0.1, 0.15) is 0 Å². The number of nitrogens with zero attached hydrogens (tertiary/aromatic N) is 3. The Bertz CT molecular complexity index is 482. The normalized spacial score (nSPS) is 26.2. The first kappa shape index (κ1) is 19.7. The smallest absolute Gasteiger partial charge is 0.225 e. The second kappa shape index (κ2) is 9.20. The lowest BCUT2D eigenvalue weighted by atomic mass is 9.91. The van der Waals surface area contributed by atoms with E-state index in [0.717, 1.165) is 64.7 Å². The molecule has 0 unspecified atom stereocenters. The molecule has 0 N–H and O–H groups in total. The Balaban J connectivity index is 1.42. The summed E-state index contributed by atoms with van der Waals surface area (Å²) in [6.07, 6.45) is 10.6. The van der Waals surface area contributed by atoms with Crippen molar-refractivity contribution in [1.82, 2.24) is 14.7 Å². The Morgan fingerprint density at radius 2 is 1.65 bits per heavy atom. The topological polar surface area (TPSA) is 43.9 Å². The van der Waals surface area contributed by atoms with Crippen LogP contribution < -0.4 is 0 Å². The third kappa shape index (κ3) is 4.99. The lowest BCUT2D eigenvalue weighted by Gasteiger charge is -2.36. The molecule has 0 radical (unpaired) electrons. The molecule has 2 amide bonds. The summed E-state index contributed by atoms with van der Waals surface area (Å²) in [7, 11) is 4.13. The van der Waals surface area contributed by atoms with Crippen molar-refractivity contribution in [3.05, 3.63) is 0 Å². The van der Waals surface area contributed by atoms with Gasteiger partial charge in [-0.3, -0.25) is 9.59 Å². The van der Waals surface area contributed by atoms with Crippen molar-refractivity contribution in [3.8, 4) is 0 Å². The highest BCUT2D eigenvalue weighted by Gasteiger charge is 2.31. The van der Waals surface area contributed by atoms with Crippen molar-refractivity contribution in [2.75, 3.05) is 40.3 Å². The maximum Gasteiger partial charge on any atom is 0.225 e. The maximum atomic E-state index is 12.7. The van der Waals surface area contributed by atoms with E-state index in [1.807, 2.05) is 11.9 Å². The Labute approximate surface area is 159 Å². The van der Waals surface area contributed by atoms with Gasteiger partial charge in [-0.25, -0.2) is 0 Å². The monoisotopic (exact) mass is 363 g/mol. The molecular formula is C21H37N3O2. The summed E-state index contributed by atoms with van der Waals surface area (Å²) >= 11 is 0. The van der Waals surface area contributed by atoms with Crippen molar-refractivity contribution < 1.29 is 9.59 Å². The molecule has 1 saturated carbocycles. The zero-order valence-electron chi connectivity index (χ0n) is 16.8. The first-order valence-electron chi connectivity index (χ1n) is 10.8. The summed E-state index contributed by atoms with van der Waals surface area (Å²) in [5.74, 6) is 1.47. The van der Waals surface area contributed by atoms with Crippen LogP contribution in [0.1, 0.15) is 64.2 Å². The highest BCUT2D eigenvalue weighted by atomic mass is 16.2. The van der Waals surface area contributed by atoms with Gasteiger partial charge in [-0.15, -0.1) is 0 Å². The van der Waals surface area contributed by atoms with Crippen LogP contribution in [0.25, 0.3) is 0 Å². The molecule has 3 aliphatic rings. The van der Waals surface area contributed by atoms with Crippen LogP contribution in [0.15, 0.2) is 0 Å². The largest absolute Gasteiger partial charge is 0.343 e. The van der Waals surface area contributed by atoms with Gasteiger partial charge in [0.25, 0.3) is 0 Å². The second-order valence-corrected chi connectivity index (χ2v) is 8.85. The molecule has 0 spiro atoms. The van der Waals surface area contributed by atoms with E-state index in [-0.39, 0.29) is 5.92 Å². The molecule has 3 rings (SSSR count). The summed E-state index contributed by atoms with van der Waals surface area (Å²) in [5.41, 5.74) is 0. The van der Waals surface area contributed by atoms with Gasteiger partial charge in [0.05, 0.1) is 0 Å². The first-order chi connectivity index (χ1) is 12.5. The van der Waals surface area contributed by atoms with Crippen molar-refractivity contribution in [2.24, 2.45) is 11.8 Å². The number of likely N-dealkylation sites (tertiary alicyclic amines) is 2. The van der Waals surface area contributed by atoms with Crippen LogP contribution in [0, 0.1) is 11.8 Å². The van der Waals surface area contributed by atoms with Gasteiger partial charge in [0, 0.05) is 38.5 Å². The molecule has 3 fully saturated rings. The van der Waals surface area contributed by atoms with Crippen LogP contribution in [0.2, 0.25) is 0 Å². The van der Waals surface area contributed by atoms with Gasteiger partial charge in [-0.2, -0.15) is 0 Å². The van der Waals surface area contributed by atoms with E-state index in [1.54, 1.807) is 0 Å². The molecule has 0 aromatic carbocycles. The van der Waals surface area contributed by atoms with E-state index < -0.39 is 0 Å². The summed E-state index contributed by atoms with van der Waals surface area (Å²) in [6, 6.07) is 0.408. The fraction of sp³-hybridized carbons (Fsp3) is 0.905. The van der Waals surface area contributed by atoms with Crippen molar-refractivity contribution >= 4 is 11.8 Å². The predicted molar refractivity (Wildman–Crippen MR) is 104 cm³/mol. The maximum absolute atomic E-state index is 12.7. The molecule has 2 aliphatic heterocycles. The van der Waals surface area contributed by atoms with Gasteiger partial charge in [-0.1, -0.05) is 12.8 Å². The third-order valence-corrected chi connectivity index (χ3v) is 6.93. The quantitative estimate of drug-likeness (QED) is 0.754. The molecule has 0 bridgehead atoms. The fourth-order valence-electron chi connectivity index (χ4n) is 5.02. The zero-order chi connectivity index (χ0) is 18.5. The number of hydrogen-bond donors (Lipinski definition) is 0. The molecule has 0 aromatic heterocycles. The average molecular weight is 364 g/mol. The lowest BCUT2D eigenvalue weighted by Crippen LogP contribution is -2.45. The van der Waals surface area contributed by atoms with Crippen LogP contribution in [-0.4, -0.2) is 72.8 Å². The number of carbonyl (C=O) groups is 2. The van der Waals surface area contributed by atoms with E-state index in [1.165, 1.54) is 19.3 Å². The molecule has 2 saturated heterocycles.